The van der Waals surface area contributed by atoms with E-state index >= 15 is 0 Å². The first kappa shape index (κ1) is 25.4. The average molecular weight is 533 g/mol. The fourth-order valence-corrected chi connectivity index (χ4v) is 5.50. The number of anilines is 1. The van der Waals surface area contributed by atoms with E-state index in [0.717, 1.165) is 16.9 Å². The summed E-state index contributed by atoms with van der Waals surface area (Å²) >= 11 is 1.09. The van der Waals surface area contributed by atoms with Crippen molar-refractivity contribution in [1.82, 2.24) is 4.98 Å². The van der Waals surface area contributed by atoms with Crippen LogP contribution in [0, 0.1) is 12.7 Å². The van der Waals surface area contributed by atoms with Gasteiger partial charge in [0.05, 0.1) is 35.0 Å². The lowest BCUT2D eigenvalue weighted by Crippen LogP contribution is -2.29. The Morgan fingerprint density at radius 2 is 1.89 bits per heavy atom. The number of rotatable bonds is 6. The predicted molar refractivity (Wildman–Crippen MR) is 144 cm³/mol. The highest BCUT2D eigenvalue weighted by Crippen LogP contribution is 2.45. The van der Waals surface area contributed by atoms with Crippen LogP contribution in [0.1, 0.15) is 36.6 Å². The molecule has 1 atom stereocenters. The lowest BCUT2D eigenvalue weighted by molar-refractivity contribution is -0.132. The summed E-state index contributed by atoms with van der Waals surface area (Å²) in [6, 6.07) is 15.2. The van der Waals surface area contributed by atoms with Crippen LogP contribution in [0.4, 0.5) is 9.52 Å². The second-order valence-corrected chi connectivity index (χ2v) is 10.2. The van der Waals surface area contributed by atoms with Gasteiger partial charge < -0.3 is 14.6 Å². The Morgan fingerprint density at radius 3 is 2.61 bits per heavy atom. The number of fused-ring (bicyclic) bond motifs is 1. The first-order valence-corrected chi connectivity index (χ1v) is 12.8. The zero-order chi connectivity index (χ0) is 27.1. The normalized spacial score (nSPS) is 17.0. The van der Waals surface area contributed by atoms with Crippen molar-refractivity contribution in [2.75, 3.05) is 12.0 Å². The van der Waals surface area contributed by atoms with E-state index in [-0.39, 0.29) is 22.6 Å². The molecule has 9 heteroatoms. The number of thiazole rings is 1. The number of aliphatic hydroxyl groups excluding tert-OH is 1. The fourth-order valence-electron chi connectivity index (χ4n) is 4.48. The minimum atomic E-state index is -0.984. The first-order chi connectivity index (χ1) is 18.2. The molecule has 1 aliphatic heterocycles. The Balaban J connectivity index is 1.69. The maximum atomic E-state index is 13.9. The highest BCUT2D eigenvalue weighted by molar-refractivity contribution is 7.22. The Kier molecular flexibility index (Phi) is 6.62. The summed E-state index contributed by atoms with van der Waals surface area (Å²) in [5.74, 6) is -1.26. The largest absolute Gasteiger partial charge is 0.507 e. The standard InChI is InChI=1S/C29H25FN2O5S/c1-15(2)37-22-11-8-18(12-16(22)3)26(33)24-25(17-6-5-7-20(13-17)36-4)32(28(35)27(24)34)29-31-21-10-9-19(30)14-23(21)38-29/h5-15,25,33H,1-4H3/b26-24+. The molecule has 1 fully saturated rings. The summed E-state index contributed by atoms with van der Waals surface area (Å²) < 4.78 is 25.6. The SMILES string of the molecule is COc1cccc(C2/C(=C(\O)c3ccc(OC(C)C)c(C)c3)C(=O)C(=O)N2c2nc3ccc(F)cc3s2)c1. The topological polar surface area (TPSA) is 89.0 Å². The van der Waals surface area contributed by atoms with Crippen LogP contribution < -0.4 is 14.4 Å². The molecular weight excluding hydrogens is 507 g/mol. The van der Waals surface area contributed by atoms with Crippen LogP contribution in [0.15, 0.2) is 66.2 Å². The summed E-state index contributed by atoms with van der Waals surface area (Å²) in [6.07, 6.45) is -0.0335. The Bertz CT molecular complexity index is 1610. The maximum Gasteiger partial charge on any atom is 0.301 e. The zero-order valence-corrected chi connectivity index (χ0v) is 22.0. The van der Waals surface area contributed by atoms with Crippen LogP contribution in [-0.2, 0) is 9.59 Å². The molecule has 0 spiro atoms. The molecular formula is C29H25FN2O5S. The molecule has 1 unspecified atom stereocenters. The van der Waals surface area contributed by atoms with Crippen LogP contribution >= 0.6 is 11.3 Å². The van der Waals surface area contributed by atoms with Gasteiger partial charge in [-0.15, -0.1) is 0 Å². The molecule has 1 aliphatic rings. The van der Waals surface area contributed by atoms with E-state index in [0.29, 0.717) is 32.8 Å². The van der Waals surface area contributed by atoms with Crippen LogP contribution in [-0.4, -0.2) is 35.0 Å². The minimum absolute atomic E-state index is 0.0335. The number of carbonyl (C=O) groups excluding carboxylic acids is 2. The molecule has 0 aliphatic carbocycles. The number of benzene rings is 3. The van der Waals surface area contributed by atoms with Crippen molar-refractivity contribution in [3.8, 4) is 11.5 Å². The number of Topliss-reactive ketones (excluding diaryl/α,β-unsaturated/α-hetero) is 1. The van der Waals surface area contributed by atoms with Crippen molar-refractivity contribution >= 4 is 44.1 Å². The van der Waals surface area contributed by atoms with Crippen molar-refractivity contribution in [2.45, 2.75) is 32.9 Å². The summed E-state index contributed by atoms with van der Waals surface area (Å²) in [5.41, 5.74) is 2.10. The van der Waals surface area contributed by atoms with Gasteiger partial charge in [0.2, 0.25) is 0 Å². The molecule has 0 bridgehead atoms. The van der Waals surface area contributed by atoms with Gasteiger partial charge in [0.25, 0.3) is 5.78 Å². The molecule has 1 saturated heterocycles. The smallest absolute Gasteiger partial charge is 0.301 e. The molecule has 1 amide bonds. The lowest BCUT2D eigenvalue weighted by Gasteiger charge is -2.23. The number of hydrogen-bond acceptors (Lipinski definition) is 7. The number of carbonyl (C=O) groups is 2. The van der Waals surface area contributed by atoms with E-state index in [4.69, 9.17) is 9.47 Å². The highest BCUT2D eigenvalue weighted by atomic mass is 32.1. The van der Waals surface area contributed by atoms with Crippen LogP contribution in [0.2, 0.25) is 0 Å². The highest BCUT2D eigenvalue weighted by Gasteiger charge is 2.48. The summed E-state index contributed by atoms with van der Waals surface area (Å²) in [4.78, 5) is 32.7. The minimum Gasteiger partial charge on any atom is -0.507 e. The van der Waals surface area contributed by atoms with Gasteiger partial charge in [-0.1, -0.05) is 23.5 Å². The van der Waals surface area contributed by atoms with Gasteiger partial charge in [-0.3, -0.25) is 14.5 Å². The van der Waals surface area contributed by atoms with Gasteiger partial charge in [-0.05, 0) is 80.4 Å². The quantitative estimate of drug-likeness (QED) is 0.182. The van der Waals surface area contributed by atoms with E-state index < -0.39 is 23.5 Å². The molecule has 4 aromatic rings. The molecule has 1 N–H and O–H groups in total. The molecule has 7 nitrogen and oxygen atoms in total. The van der Waals surface area contributed by atoms with E-state index in [1.54, 1.807) is 42.5 Å². The number of nitrogens with zero attached hydrogens (tertiary/aromatic N) is 2. The van der Waals surface area contributed by atoms with Gasteiger partial charge in [0.15, 0.2) is 5.13 Å². The van der Waals surface area contributed by atoms with Gasteiger partial charge in [0.1, 0.15) is 23.1 Å². The predicted octanol–water partition coefficient (Wildman–Crippen LogP) is 6.17. The summed E-state index contributed by atoms with van der Waals surface area (Å²) in [7, 11) is 1.52. The van der Waals surface area contributed by atoms with E-state index in [2.05, 4.69) is 4.98 Å². The number of methoxy groups -OCH3 is 1. The van der Waals surface area contributed by atoms with Crippen LogP contribution in [0.25, 0.3) is 16.0 Å². The molecule has 3 aromatic carbocycles. The van der Waals surface area contributed by atoms with Crippen molar-refractivity contribution in [3.63, 3.8) is 0 Å². The number of aliphatic hydroxyl groups is 1. The monoisotopic (exact) mass is 532 g/mol. The molecule has 194 valence electrons. The van der Waals surface area contributed by atoms with Crippen LogP contribution in [0.3, 0.4) is 0 Å². The Morgan fingerprint density at radius 1 is 1.11 bits per heavy atom. The van der Waals surface area contributed by atoms with Crippen molar-refractivity contribution in [3.05, 3.63) is 88.7 Å². The third-order valence-electron chi connectivity index (χ3n) is 6.21. The summed E-state index contributed by atoms with van der Waals surface area (Å²) in [5, 5.41) is 11.7. The zero-order valence-electron chi connectivity index (χ0n) is 21.2. The fraction of sp³-hybridized carbons (Fsp3) is 0.207. The first-order valence-electron chi connectivity index (χ1n) is 12.0. The van der Waals surface area contributed by atoms with Crippen LogP contribution in [0.5, 0.6) is 11.5 Å². The van der Waals surface area contributed by atoms with E-state index in [1.807, 2.05) is 20.8 Å². The Hall–Kier alpha value is -4.24. The molecule has 0 saturated carbocycles. The lowest BCUT2D eigenvalue weighted by atomic mass is 9.94. The molecule has 2 heterocycles. The van der Waals surface area contributed by atoms with Gasteiger partial charge >= 0.3 is 5.91 Å². The van der Waals surface area contributed by atoms with Gasteiger partial charge in [0, 0.05) is 5.56 Å². The second kappa shape index (κ2) is 9.90. The second-order valence-electron chi connectivity index (χ2n) is 9.20. The Labute approximate surface area is 222 Å². The van der Waals surface area contributed by atoms with Crippen molar-refractivity contribution in [2.24, 2.45) is 0 Å². The van der Waals surface area contributed by atoms with Crippen molar-refractivity contribution in [1.29, 1.82) is 0 Å². The third kappa shape index (κ3) is 4.50. The molecule has 0 radical (unpaired) electrons. The third-order valence-corrected chi connectivity index (χ3v) is 7.23. The summed E-state index contributed by atoms with van der Waals surface area (Å²) in [6.45, 7) is 5.67. The molecule has 38 heavy (non-hydrogen) atoms. The molecule has 5 rings (SSSR count). The average Bonchev–Trinajstić information content (AvgIpc) is 3.42. The van der Waals surface area contributed by atoms with Crippen molar-refractivity contribution < 1.29 is 28.6 Å². The number of halogens is 1. The molecule has 1 aromatic heterocycles. The van der Waals surface area contributed by atoms with Gasteiger partial charge in [-0.2, -0.15) is 0 Å². The van der Waals surface area contributed by atoms with E-state index in [9.17, 15) is 19.1 Å². The number of hydrogen-bond donors (Lipinski definition) is 1. The van der Waals surface area contributed by atoms with E-state index in [1.165, 1.54) is 30.2 Å². The van der Waals surface area contributed by atoms with Gasteiger partial charge in [-0.25, -0.2) is 9.37 Å². The maximum absolute atomic E-state index is 13.9. The number of ketones is 1. The number of aromatic nitrogens is 1. The number of aryl methyl sites for hydroxylation is 1. The number of amides is 1. The number of ether oxygens (including phenoxy) is 2.